The zero-order chi connectivity index (χ0) is 24.1. The summed E-state index contributed by atoms with van der Waals surface area (Å²) in [7, 11) is 1.76. The normalized spacial score (nSPS) is 10.7. The Morgan fingerprint density at radius 1 is 0.714 bits per heavy atom. The maximum atomic E-state index is 4.13. The van der Waals surface area contributed by atoms with Gasteiger partial charge in [-0.25, -0.2) is 4.98 Å². The molecule has 4 aromatic carbocycles. The van der Waals surface area contributed by atoms with E-state index in [0.29, 0.717) is 5.54 Å². The van der Waals surface area contributed by atoms with Gasteiger partial charge in [0.2, 0.25) is 0 Å². The van der Waals surface area contributed by atoms with Crippen molar-refractivity contribution in [2.24, 2.45) is 0 Å². The number of hydrogen-bond acceptors (Lipinski definition) is 1. The number of nitrogens with zero attached hydrogens (tertiary/aromatic N) is 2. The van der Waals surface area contributed by atoms with Gasteiger partial charge in [-0.05, 0) is 33.4 Å². The summed E-state index contributed by atoms with van der Waals surface area (Å²) in [5, 5.41) is 0. The van der Waals surface area contributed by atoms with Crippen LogP contribution < -0.4 is 0 Å². The molecule has 172 valence electrons. The highest BCUT2D eigenvalue weighted by atomic mass is 28.2. The molecule has 0 N–H and O–H groups in total. The van der Waals surface area contributed by atoms with E-state index in [1.54, 1.807) is 0 Å². The minimum Gasteiger partial charge on any atom is -0.341 e. The van der Waals surface area contributed by atoms with Gasteiger partial charge in [0.15, 0.2) is 0 Å². The van der Waals surface area contributed by atoms with Crippen LogP contribution in [0.2, 0.25) is 0 Å². The second-order valence-electron chi connectivity index (χ2n) is 8.40. The van der Waals surface area contributed by atoms with Gasteiger partial charge in [-0.3, -0.25) is 0 Å². The molecule has 35 heavy (non-hydrogen) atoms. The molecule has 0 spiro atoms. The lowest BCUT2D eigenvalue weighted by molar-refractivity contribution is 0.858. The standard InChI is InChI=1S/C17H18N2Si.C14H13B/c1-3-7-15(8-4-1)17(16-9-5-2-6-10-16)20-14-19-12-11-18-13-19;15-11-14(12-7-3-1-4-8-12)13-9-5-2-6-10-13/h1-13,17H,14,20H2;1-11H,15H2. The quantitative estimate of drug-likeness (QED) is 0.287. The highest BCUT2D eigenvalue weighted by Gasteiger charge is 2.14. The van der Waals surface area contributed by atoms with Crippen molar-refractivity contribution in [1.29, 1.82) is 0 Å². The summed E-state index contributed by atoms with van der Waals surface area (Å²) in [6.07, 6.45) is 6.95. The minimum atomic E-state index is -0.317. The zero-order valence-corrected chi connectivity index (χ0v) is 21.7. The van der Waals surface area contributed by atoms with E-state index >= 15 is 0 Å². The maximum Gasteiger partial charge on any atom is 0.130 e. The molecule has 0 saturated carbocycles. The van der Waals surface area contributed by atoms with Gasteiger partial charge in [0.1, 0.15) is 7.85 Å². The summed E-state index contributed by atoms with van der Waals surface area (Å²) < 4.78 is 2.20. The maximum absolute atomic E-state index is 4.13. The Hall–Kier alpha value is -3.89. The lowest BCUT2D eigenvalue weighted by atomic mass is 9.92. The Morgan fingerprint density at radius 2 is 1.17 bits per heavy atom. The van der Waals surface area contributed by atoms with Crippen molar-refractivity contribution in [2.75, 3.05) is 0 Å². The highest BCUT2D eigenvalue weighted by Crippen LogP contribution is 2.24. The number of imidazole rings is 1. The summed E-state index contributed by atoms with van der Waals surface area (Å²) in [5.41, 5.74) is 7.27. The fourth-order valence-electron chi connectivity index (χ4n) is 4.33. The molecule has 0 radical (unpaired) electrons. The lowest BCUT2D eigenvalue weighted by Crippen LogP contribution is -2.15. The minimum absolute atomic E-state index is 0.317. The Kier molecular flexibility index (Phi) is 9.08. The van der Waals surface area contributed by atoms with Crippen molar-refractivity contribution < 1.29 is 0 Å². The molecule has 0 fully saturated rings. The predicted octanol–water partition coefficient (Wildman–Crippen LogP) is 5.51. The molecule has 0 atom stereocenters. The van der Waals surface area contributed by atoms with E-state index < -0.39 is 0 Å². The third kappa shape index (κ3) is 7.05. The second-order valence-corrected chi connectivity index (χ2v) is 10.2. The molecule has 0 bridgehead atoms. The molecule has 1 heterocycles. The molecule has 5 rings (SSSR count). The van der Waals surface area contributed by atoms with Gasteiger partial charge in [0, 0.05) is 18.6 Å². The smallest absolute Gasteiger partial charge is 0.130 e. The monoisotopic (exact) mass is 470 g/mol. The molecule has 5 aromatic rings. The van der Waals surface area contributed by atoms with Crippen molar-refractivity contribution in [2.45, 2.75) is 11.7 Å². The van der Waals surface area contributed by atoms with Gasteiger partial charge in [-0.15, -0.1) is 5.98 Å². The van der Waals surface area contributed by atoms with Gasteiger partial charge < -0.3 is 4.57 Å². The van der Waals surface area contributed by atoms with Crippen LogP contribution in [0.4, 0.5) is 0 Å². The van der Waals surface area contributed by atoms with Gasteiger partial charge in [0.25, 0.3) is 0 Å². The SMILES string of the molecule is BC=C(c1ccccc1)c1ccccc1.c1ccc(C([SiH2]Cn2ccnc2)c2ccccc2)cc1. The predicted molar refractivity (Wildman–Crippen MR) is 154 cm³/mol. The van der Waals surface area contributed by atoms with E-state index in [9.17, 15) is 0 Å². The Bertz CT molecular complexity index is 1190. The van der Waals surface area contributed by atoms with Crippen LogP contribution in [0.1, 0.15) is 27.8 Å². The molecule has 0 unspecified atom stereocenters. The molecule has 0 aliphatic rings. The van der Waals surface area contributed by atoms with Crippen molar-refractivity contribution >= 4 is 22.9 Å². The molecule has 0 amide bonds. The first-order valence-electron chi connectivity index (χ1n) is 12.2. The van der Waals surface area contributed by atoms with Crippen molar-refractivity contribution in [3.63, 3.8) is 0 Å². The number of aromatic nitrogens is 2. The van der Waals surface area contributed by atoms with Gasteiger partial charge in [-0.1, -0.05) is 121 Å². The molecule has 4 heteroatoms. The van der Waals surface area contributed by atoms with Crippen LogP contribution >= 0.6 is 0 Å². The lowest BCUT2D eigenvalue weighted by Gasteiger charge is -2.17. The molecular formula is C31H31BN2Si. The topological polar surface area (TPSA) is 17.8 Å². The fourth-order valence-corrected chi connectivity index (χ4v) is 6.36. The summed E-state index contributed by atoms with van der Waals surface area (Å²) in [5.74, 6) is 2.16. The molecule has 2 nitrogen and oxygen atoms in total. The first kappa shape index (κ1) is 24.2. The number of benzene rings is 4. The molecule has 0 saturated heterocycles. The summed E-state index contributed by atoms with van der Waals surface area (Å²) >= 11 is 0. The Balaban J connectivity index is 0.000000172. The average Bonchev–Trinajstić information content (AvgIpc) is 3.46. The largest absolute Gasteiger partial charge is 0.341 e. The van der Waals surface area contributed by atoms with Gasteiger partial charge >= 0.3 is 0 Å². The third-order valence-electron chi connectivity index (χ3n) is 6.10. The van der Waals surface area contributed by atoms with Crippen LogP contribution in [-0.2, 0) is 6.17 Å². The summed E-state index contributed by atoms with van der Waals surface area (Å²) in [6, 6.07) is 42.6. The van der Waals surface area contributed by atoms with E-state index in [0.717, 1.165) is 6.17 Å². The third-order valence-corrected chi connectivity index (χ3v) is 8.39. The Labute approximate surface area is 212 Å². The van der Waals surface area contributed by atoms with E-state index in [4.69, 9.17) is 0 Å². The first-order valence-corrected chi connectivity index (χ1v) is 14.0. The van der Waals surface area contributed by atoms with Crippen molar-refractivity contribution in [3.05, 3.63) is 168 Å². The Morgan fingerprint density at radius 3 is 1.57 bits per heavy atom. The fraction of sp³-hybridized carbons (Fsp3) is 0.0645. The van der Waals surface area contributed by atoms with Crippen LogP contribution in [0.25, 0.3) is 5.57 Å². The average molecular weight is 471 g/mol. The first-order chi connectivity index (χ1) is 17.3. The molecule has 0 aliphatic heterocycles. The number of hydrogen-bond donors (Lipinski definition) is 0. The van der Waals surface area contributed by atoms with E-state index in [2.05, 4.69) is 139 Å². The van der Waals surface area contributed by atoms with E-state index in [1.165, 1.54) is 27.8 Å². The van der Waals surface area contributed by atoms with Crippen LogP contribution in [0.15, 0.2) is 146 Å². The van der Waals surface area contributed by atoms with E-state index in [-0.39, 0.29) is 9.52 Å². The second kappa shape index (κ2) is 13.1. The van der Waals surface area contributed by atoms with Crippen LogP contribution in [0, 0.1) is 0 Å². The van der Waals surface area contributed by atoms with Crippen LogP contribution in [0.3, 0.4) is 0 Å². The van der Waals surface area contributed by atoms with Crippen LogP contribution in [-0.4, -0.2) is 26.9 Å². The van der Waals surface area contributed by atoms with Crippen molar-refractivity contribution in [3.8, 4) is 0 Å². The van der Waals surface area contributed by atoms with Gasteiger partial charge in [-0.2, -0.15) is 0 Å². The van der Waals surface area contributed by atoms with Crippen molar-refractivity contribution in [1.82, 2.24) is 9.55 Å². The zero-order valence-electron chi connectivity index (χ0n) is 20.2. The molecule has 0 aliphatic carbocycles. The summed E-state index contributed by atoms with van der Waals surface area (Å²) in [4.78, 5) is 4.13. The van der Waals surface area contributed by atoms with Gasteiger partial charge in [0.05, 0.1) is 15.8 Å². The number of rotatable bonds is 7. The van der Waals surface area contributed by atoms with Crippen LogP contribution in [0.5, 0.6) is 0 Å². The van der Waals surface area contributed by atoms with E-state index in [1.807, 2.05) is 24.7 Å². The molecular weight excluding hydrogens is 439 g/mol. The summed E-state index contributed by atoms with van der Waals surface area (Å²) in [6.45, 7) is 0. The highest BCUT2D eigenvalue weighted by molar-refractivity contribution is 6.37. The molecule has 1 aromatic heterocycles.